The summed E-state index contributed by atoms with van der Waals surface area (Å²) in [6, 6.07) is 16.6. The summed E-state index contributed by atoms with van der Waals surface area (Å²) in [7, 11) is -3.39. The molecular formula is C23H23ClN6O2S. The van der Waals surface area contributed by atoms with Crippen LogP contribution in [0.25, 0.3) is 22.3 Å². The molecule has 10 heteroatoms. The molecule has 2 aromatic carbocycles. The average molecular weight is 483 g/mol. The number of benzene rings is 2. The van der Waals surface area contributed by atoms with Gasteiger partial charge in [-0.15, -0.1) is 0 Å². The largest absolute Gasteiger partial charge is 0.323 e. The summed E-state index contributed by atoms with van der Waals surface area (Å²) < 4.78 is 26.5. The number of hydrogen-bond donors (Lipinski definition) is 2. The van der Waals surface area contributed by atoms with Crippen LogP contribution in [-0.2, 0) is 10.0 Å². The number of sulfonamides is 1. The Hall–Kier alpha value is -3.01. The van der Waals surface area contributed by atoms with E-state index in [0.29, 0.717) is 46.7 Å². The number of anilines is 2. The van der Waals surface area contributed by atoms with E-state index in [-0.39, 0.29) is 6.04 Å². The number of halogens is 1. The molecule has 0 saturated carbocycles. The number of para-hydroxylation sites is 1. The van der Waals surface area contributed by atoms with Crippen LogP contribution >= 0.6 is 11.6 Å². The third kappa shape index (κ3) is 4.44. The summed E-state index contributed by atoms with van der Waals surface area (Å²) in [5.74, 6) is 1.58. The van der Waals surface area contributed by atoms with Crippen molar-refractivity contribution < 1.29 is 8.42 Å². The van der Waals surface area contributed by atoms with Crippen LogP contribution < -0.4 is 5.32 Å². The number of H-pyrrole nitrogens is 1. The molecule has 0 aliphatic carbocycles. The fraction of sp³-hybridized carbons (Fsp3) is 0.261. The van der Waals surface area contributed by atoms with Gasteiger partial charge in [-0.3, -0.25) is 5.10 Å². The van der Waals surface area contributed by atoms with Gasteiger partial charge in [0.15, 0.2) is 11.6 Å². The van der Waals surface area contributed by atoms with Gasteiger partial charge in [0.05, 0.1) is 28.5 Å². The van der Waals surface area contributed by atoms with Gasteiger partial charge in [-0.05, 0) is 37.1 Å². The lowest BCUT2D eigenvalue weighted by Gasteiger charge is -2.33. The molecule has 4 aromatic rings. The Bertz CT molecular complexity index is 1420. The summed E-state index contributed by atoms with van der Waals surface area (Å²) in [6.07, 6.45) is 3.69. The first-order valence-corrected chi connectivity index (χ1v) is 12.9. The minimum absolute atomic E-state index is 0.366. The highest BCUT2D eigenvalue weighted by molar-refractivity contribution is 7.88. The summed E-state index contributed by atoms with van der Waals surface area (Å²) >= 11 is 6.45. The lowest BCUT2D eigenvalue weighted by Crippen LogP contribution is -2.38. The highest BCUT2D eigenvalue weighted by Gasteiger charge is 2.32. The van der Waals surface area contributed by atoms with E-state index in [1.165, 1.54) is 10.6 Å². The SMILES string of the molecule is CS(=O)(=O)N1CCCCC1c1cc(Nc2n[nH]c3ccccc23)nc(-c2ccccc2Cl)n1. The van der Waals surface area contributed by atoms with E-state index in [1.807, 2.05) is 42.5 Å². The van der Waals surface area contributed by atoms with Gasteiger partial charge in [0.1, 0.15) is 5.82 Å². The van der Waals surface area contributed by atoms with Crippen LogP contribution in [0.1, 0.15) is 31.0 Å². The number of rotatable bonds is 5. The number of piperidine rings is 1. The van der Waals surface area contributed by atoms with Gasteiger partial charge < -0.3 is 5.32 Å². The molecule has 3 heterocycles. The number of hydrogen-bond acceptors (Lipinski definition) is 6. The maximum atomic E-state index is 12.5. The number of aromatic nitrogens is 4. The lowest BCUT2D eigenvalue weighted by atomic mass is 10.0. The van der Waals surface area contributed by atoms with Crippen LogP contribution in [0.2, 0.25) is 5.02 Å². The van der Waals surface area contributed by atoms with Crippen molar-refractivity contribution in [2.24, 2.45) is 0 Å². The molecule has 0 bridgehead atoms. The maximum absolute atomic E-state index is 12.5. The van der Waals surface area contributed by atoms with Crippen molar-refractivity contribution in [2.75, 3.05) is 18.1 Å². The Morgan fingerprint density at radius 3 is 2.70 bits per heavy atom. The van der Waals surface area contributed by atoms with E-state index in [2.05, 4.69) is 15.5 Å². The minimum atomic E-state index is -3.39. The van der Waals surface area contributed by atoms with Crippen LogP contribution in [0.5, 0.6) is 0 Å². The molecule has 1 unspecified atom stereocenters. The lowest BCUT2D eigenvalue weighted by molar-refractivity contribution is 0.253. The first-order chi connectivity index (χ1) is 15.9. The number of fused-ring (bicyclic) bond motifs is 1. The second-order valence-electron chi connectivity index (χ2n) is 8.11. The van der Waals surface area contributed by atoms with Crippen molar-refractivity contribution in [3.8, 4) is 11.4 Å². The fourth-order valence-corrected chi connectivity index (χ4v) is 5.60. The Labute approximate surface area is 197 Å². The van der Waals surface area contributed by atoms with Crippen molar-refractivity contribution in [1.82, 2.24) is 24.5 Å². The summed E-state index contributed by atoms with van der Waals surface area (Å²) in [6.45, 7) is 0.474. The molecule has 2 aromatic heterocycles. The van der Waals surface area contributed by atoms with Crippen LogP contribution in [0.3, 0.4) is 0 Å². The molecule has 8 nitrogen and oxygen atoms in total. The summed E-state index contributed by atoms with van der Waals surface area (Å²) in [5.41, 5.74) is 2.21. The van der Waals surface area contributed by atoms with Crippen molar-refractivity contribution in [3.05, 3.63) is 65.3 Å². The molecule has 0 spiro atoms. The highest BCUT2D eigenvalue weighted by Crippen LogP contribution is 2.35. The molecule has 1 aliphatic rings. The quantitative estimate of drug-likeness (QED) is 0.419. The van der Waals surface area contributed by atoms with E-state index < -0.39 is 10.0 Å². The predicted molar refractivity (Wildman–Crippen MR) is 130 cm³/mol. The molecule has 1 atom stereocenters. The Morgan fingerprint density at radius 2 is 1.88 bits per heavy atom. The number of nitrogens with one attached hydrogen (secondary N) is 2. The van der Waals surface area contributed by atoms with Gasteiger partial charge >= 0.3 is 0 Å². The Balaban J connectivity index is 1.63. The van der Waals surface area contributed by atoms with E-state index in [4.69, 9.17) is 21.6 Å². The van der Waals surface area contributed by atoms with E-state index >= 15 is 0 Å². The minimum Gasteiger partial charge on any atom is -0.323 e. The van der Waals surface area contributed by atoms with Gasteiger partial charge in [0, 0.05) is 23.6 Å². The summed E-state index contributed by atoms with van der Waals surface area (Å²) in [4.78, 5) is 9.47. The van der Waals surface area contributed by atoms with Crippen LogP contribution in [0.4, 0.5) is 11.6 Å². The summed E-state index contributed by atoms with van der Waals surface area (Å²) in [5, 5.41) is 12.1. The maximum Gasteiger partial charge on any atom is 0.211 e. The molecule has 33 heavy (non-hydrogen) atoms. The molecule has 170 valence electrons. The molecule has 2 N–H and O–H groups in total. The zero-order valence-corrected chi connectivity index (χ0v) is 19.6. The molecule has 1 saturated heterocycles. The molecule has 0 amide bonds. The second-order valence-corrected chi connectivity index (χ2v) is 10.5. The zero-order chi connectivity index (χ0) is 23.0. The van der Waals surface area contributed by atoms with Crippen molar-refractivity contribution >= 4 is 44.2 Å². The van der Waals surface area contributed by atoms with Crippen molar-refractivity contribution in [3.63, 3.8) is 0 Å². The molecular weight excluding hydrogens is 460 g/mol. The van der Waals surface area contributed by atoms with Crippen LogP contribution in [0.15, 0.2) is 54.6 Å². The molecule has 0 radical (unpaired) electrons. The van der Waals surface area contributed by atoms with E-state index in [0.717, 1.165) is 23.7 Å². The van der Waals surface area contributed by atoms with Crippen molar-refractivity contribution in [2.45, 2.75) is 25.3 Å². The van der Waals surface area contributed by atoms with Gasteiger partial charge in [-0.25, -0.2) is 18.4 Å². The van der Waals surface area contributed by atoms with E-state index in [9.17, 15) is 8.42 Å². The highest BCUT2D eigenvalue weighted by atomic mass is 35.5. The van der Waals surface area contributed by atoms with Crippen LogP contribution in [-0.4, -0.2) is 45.7 Å². The van der Waals surface area contributed by atoms with Crippen molar-refractivity contribution in [1.29, 1.82) is 0 Å². The smallest absolute Gasteiger partial charge is 0.211 e. The number of aromatic amines is 1. The fourth-order valence-electron chi connectivity index (χ4n) is 4.24. The topological polar surface area (TPSA) is 104 Å². The standard InChI is InChI=1S/C23H23ClN6O2S/c1-33(31,32)30-13-7-6-12-20(30)19-14-21(26-22(25-19)15-8-2-4-10-17(15)24)27-23-16-9-3-5-11-18(16)28-29-23/h2-5,8-11,14,20H,6-7,12-13H2,1H3,(H2,25,26,27,28,29). The second kappa shape index (κ2) is 8.74. The van der Waals surface area contributed by atoms with Gasteiger partial charge in [0.2, 0.25) is 10.0 Å². The Morgan fingerprint density at radius 1 is 1.09 bits per heavy atom. The normalized spacial score (nSPS) is 17.3. The number of nitrogens with zero attached hydrogens (tertiary/aromatic N) is 4. The van der Waals surface area contributed by atoms with Gasteiger partial charge in [-0.1, -0.05) is 42.3 Å². The van der Waals surface area contributed by atoms with Gasteiger partial charge in [0.25, 0.3) is 0 Å². The third-order valence-electron chi connectivity index (χ3n) is 5.80. The molecule has 1 aliphatic heterocycles. The monoisotopic (exact) mass is 482 g/mol. The first-order valence-electron chi connectivity index (χ1n) is 10.7. The van der Waals surface area contributed by atoms with E-state index in [1.54, 1.807) is 12.1 Å². The predicted octanol–water partition coefficient (Wildman–Crippen LogP) is 4.90. The Kier molecular flexibility index (Phi) is 5.77. The molecule has 1 fully saturated rings. The molecule has 5 rings (SSSR count). The van der Waals surface area contributed by atoms with Gasteiger partial charge in [-0.2, -0.15) is 9.40 Å². The zero-order valence-electron chi connectivity index (χ0n) is 18.0. The average Bonchev–Trinajstić information content (AvgIpc) is 3.21. The first kappa shape index (κ1) is 21.8. The third-order valence-corrected chi connectivity index (χ3v) is 7.42. The van der Waals surface area contributed by atoms with Crippen LogP contribution in [0, 0.1) is 0 Å².